The highest BCUT2D eigenvalue weighted by Crippen LogP contribution is 2.53. The molecule has 26 heavy (non-hydrogen) atoms. The fraction of sp³-hybridized carbons (Fsp3) is 0.500. The maximum absolute atomic E-state index is 6.59. The highest BCUT2D eigenvalue weighted by atomic mass is 16.5. The van der Waals surface area contributed by atoms with E-state index in [1.54, 1.807) is 0 Å². The number of ether oxygens (including phenoxy) is 1. The summed E-state index contributed by atoms with van der Waals surface area (Å²) in [6, 6.07) is 19.5. The summed E-state index contributed by atoms with van der Waals surface area (Å²) >= 11 is 0. The van der Waals surface area contributed by atoms with Crippen molar-refractivity contribution >= 4 is 0 Å². The van der Waals surface area contributed by atoms with Crippen LogP contribution >= 0.6 is 0 Å². The minimum absolute atomic E-state index is 0.0716. The molecule has 0 N–H and O–H groups in total. The van der Waals surface area contributed by atoms with Gasteiger partial charge >= 0.3 is 0 Å². The molecule has 0 amide bonds. The van der Waals surface area contributed by atoms with Gasteiger partial charge in [0.05, 0.1) is 0 Å². The first kappa shape index (κ1) is 17.6. The molecule has 2 aromatic carbocycles. The van der Waals surface area contributed by atoms with Crippen molar-refractivity contribution in [3.63, 3.8) is 0 Å². The van der Waals surface area contributed by atoms with Gasteiger partial charge in [-0.25, -0.2) is 0 Å². The molecule has 2 unspecified atom stereocenters. The lowest BCUT2D eigenvalue weighted by Crippen LogP contribution is -2.41. The topological polar surface area (TPSA) is 12.5 Å². The molecule has 0 aromatic heterocycles. The van der Waals surface area contributed by atoms with E-state index in [2.05, 4.69) is 66.5 Å². The van der Waals surface area contributed by atoms with E-state index in [1.165, 1.54) is 49.7 Å². The van der Waals surface area contributed by atoms with Crippen molar-refractivity contribution in [2.75, 3.05) is 20.1 Å². The van der Waals surface area contributed by atoms with Gasteiger partial charge in [-0.1, -0.05) is 55.0 Å². The Kier molecular flexibility index (Phi) is 5.31. The number of benzene rings is 2. The first-order valence-corrected chi connectivity index (χ1v) is 10.3. The summed E-state index contributed by atoms with van der Waals surface area (Å²) in [5.74, 6) is 1.76. The van der Waals surface area contributed by atoms with Gasteiger partial charge in [-0.15, -0.1) is 0 Å². The molecule has 0 radical (unpaired) electrons. The normalized spacial score (nSPS) is 24.2. The predicted octanol–water partition coefficient (Wildman–Crippen LogP) is 5.43. The molecule has 0 spiro atoms. The zero-order valence-corrected chi connectivity index (χ0v) is 16.0. The monoisotopic (exact) mass is 349 g/mol. The zero-order valence-electron chi connectivity index (χ0n) is 16.0. The molecule has 2 heteroatoms. The van der Waals surface area contributed by atoms with Crippen molar-refractivity contribution < 1.29 is 4.74 Å². The Hall–Kier alpha value is -1.80. The molecule has 2 aliphatic rings. The Labute approximate surface area is 158 Å². The number of nitrogens with zero attached hydrogens (tertiary/aromatic N) is 1. The minimum atomic E-state index is 0.0716. The van der Waals surface area contributed by atoms with Crippen LogP contribution in [0.5, 0.6) is 5.75 Å². The number of rotatable bonds is 7. The second kappa shape index (κ2) is 7.84. The quantitative estimate of drug-likeness (QED) is 0.661. The predicted molar refractivity (Wildman–Crippen MR) is 108 cm³/mol. The van der Waals surface area contributed by atoms with Gasteiger partial charge in [0.2, 0.25) is 0 Å². The molecule has 4 rings (SSSR count). The average molecular weight is 350 g/mol. The number of hydrogen-bond donors (Lipinski definition) is 0. The highest BCUT2D eigenvalue weighted by Gasteiger charge is 2.48. The van der Waals surface area contributed by atoms with Gasteiger partial charge < -0.3 is 9.64 Å². The lowest BCUT2D eigenvalue weighted by molar-refractivity contribution is 0.0235. The standard InChI is InChI=1S/C24H31NO/c1-25(19-15-20-10-3-2-4-11-20)18-9-17-24-16-8-7-13-22(24)21-12-5-6-14-23(21)26-24/h2-6,10-12,14,22H,7-9,13,15-19H2,1H3. The van der Waals surface area contributed by atoms with Crippen molar-refractivity contribution in [1.82, 2.24) is 4.90 Å². The fourth-order valence-corrected chi connectivity index (χ4v) is 4.93. The van der Waals surface area contributed by atoms with Gasteiger partial charge in [0, 0.05) is 18.0 Å². The Balaban J connectivity index is 1.31. The van der Waals surface area contributed by atoms with Crippen molar-refractivity contribution in [1.29, 1.82) is 0 Å². The van der Waals surface area contributed by atoms with E-state index in [0.717, 1.165) is 25.3 Å². The molecule has 1 fully saturated rings. The third-order valence-electron chi connectivity index (χ3n) is 6.35. The molecule has 0 bridgehead atoms. The van der Waals surface area contributed by atoms with E-state index >= 15 is 0 Å². The molecule has 2 nitrogen and oxygen atoms in total. The number of fused-ring (bicyclic) bond motifs is 3. The molecule has 2 atom stereocenters. The number of para-hydroxylation sites is 1. The number of likely N-dealkylation sites (N-methyl/N-ethyl adjacent to an activating group) is 1. The van der Waals surface area contributed by atoms with Crippen molar-refractivity contribution in [3.05, 3.63) is 65.7 Å². The van der Waals surface area contributed by atoms with Crippen LogP contribution in [-0.4, -0.2) is 30.6 Å². The summed E-state index contributed by atoms with van der Waals surface area (Å²) < 4.78 is 6.59. The van der Waals surface area contributed by atoms with Crippen LogP contribution in [0.25, 0.3) is 0 Å². The van der Waals surface area contributed by atoms with Gasteiger partial charge in [-0.2, -0.15) is 0 Å². The van der Waals surface area contributed by atoms with Gasteiger partial charge in [0.15, 0.2) is 0 Å². The SMILES string of the molecule is CN(CCCC12CCCCC1c1ccccc1O2)CCc1ccccc1. The largest absolute Gasteiger partial charge is 0.486 e. The maximum atomic E-state index is 6.59. The molecular weight excluding hydrogens is 318 g/mol. The Morgan fingerprint density at radius 1 is 1.00 bits per heavy atom. The Morgan fingerprint density at radius 2 is 1.81 bits per heavy atom. The van der Waals surface area contributed by atoms with Crippen LogP contribution in [0, 0.1) is 0 Å². The van der Waals surface area contributed by atoms with Gasteiger partial charge in [0.1, 0.15) is 11.4 Å². The van der Waals surface area contributed by atoms with Crippen LogP contribution in [0.15, 0.2) is 54.6 Å². The summed E-state index contributed by atoms with van der Waals surface area (Å²) in [5.41, 5.74) is 2.96. The Morgan fingerprint density at radius 3 is 2.69 bits per heavy atom. The lowest BCUT2D eigenvalue weighted by Gasteiger charge is -2.39. The second-order valence-electron chi connectivity index (χ2n) is 8.15. The van der Waals surface area contributed by atoms with Crippen LogP contribution in [0.2, 0.25) is 0 Å². The first-order chi connectivity index (χ1) is 12.8. The summed E-state index contributed by atoms with van der Waals surface area (Å²) in [6.07, 6.45) is 8.71. The number of hydrogen-bond acceptors (Lipinski definition) is 2. The summed E-state index contributed by atoms with van der Waals surface area (Å²) in [7, 11) is 2.25. The van der Waals surface area contributed by atoms with Crippen LogP contribution < -0.4 is 4.74 Å². The molecule has 1 aliphatic carbocycles. The third kappa shape index (κ3) is 3.66. The molecule has 1 saturated carbocycles. The minimum Gasteiger partial charge on any atom is -0.486 e. The fourth-order valence-electron chi connectivity index (χ4n) is 4.93. The van der Waals surface area contributed by atoms with Crippen molar-refractivity contribution in [3.8, 4) is 5.75 Å². The summed E-state index contributed by atoms with van der Waals surface area (Å²) in [6.45, 7) is 2.28. The summed E-state index contributed by atoms with van der Waals surface area (Å²) in [5, 5.41) is 0. The molecule has 1 heterocycles. The van der Waals surface area contributed by atoms with Gasteiger partial charge in [-0.05, 0) is 63.7 Å². The average Bonchev–Trinajstić information content (AvgIpc) is 3.01. The van der Waals surface area contributed by atoms with E-state index in [0.29, 0.717) is 5.92 Å². The lowest BCUT2D eigenvalue weighted by atomic mass is 9.71. The zero-order chi connectivity index (χ0) is 17.8. The van der Waals surface area contributed by atoms with Gasteiger partial charge in [0.25, 0.3) is 0 Å². The molecule has 1 aliphatic heterocycles. The first-order valence-electron chi connectivity index (χ1n) is 10.3. The van der Waals surface area contributed by atoms with Crippen molar-refractivity contribution in [2.24, 2.45) is 0 Å². The maximum Gasteiger partial charge on any atom is 0.123 e. The smallest absolute Gasteiger partial charge is 0.123 e. The summed E-state index contributed by atoms with van der Waals surface area (Å²) in [4.78, 5) is 2.48. The van der Waals surface area contributed by atoms with E-state index in [4.69, 9.17) is 4.74 Å². The van der Waals surface area contributed by atoms with E-state index < -0.39 is 0 Å². The van der Waals surface area contributed by atoms with Crippen LogP contribution in [0.1, 0.15) is 55.6 Å². The Bertz CT molecular complexity index is 713. The molecule has 0 saturated heterocycles. The third-order valence-corrected chi connectivity index (χ3v) is 6.35. The molecular formula is C24H31NO. The van der Waals surface area contributed by atoms with Crippen LogP contribution in [0.3, 0.4) is 0 Å². The molecule has 138 valence electrons. The second-order valence-corrected chi connectivity index (χ2v) is 8.15. The van der Waals surface area contributed by atoms with Gasteiger partial charge in [-0.3, -0.25) is 0 Å². The molecule has 2 aromatic rings. The highest BCUT2D eigenvalue weighted by molar-refractivity contribution is 5.43. The van der Waals surface area contributed by atoms with E-state index in [9.17, 15) is 0 Å². The van der Waals surface area contributed by atoms with E-state index in [-0.39, 0.29) is 5.60 Å². The van der Waals surface area contributed by atoms with E-state index in [1.807, 2.05) is 0 Å². The van der Waals surface area contributed by atoms with Crippen LogP contribution in [-0.2, 0) is 6.42 Å². The van der Waals surface area contributed by atoms with Crippen LogP contribution in [0.4, 0.5) is 0 Å². The van der Waals surface area contributed by atoms with Crippen molar-refractivity contribution in [2.45, 2.75) is 56.5 Å².